The summed E-state index contributed by atoms with van der Waals surface area (Å²) in [4.78, 5) is 12.6. The van der Waals surface area contributed by atoms with Crippen molar-refractivity contribution in [2.45, 2.75) is 43.5 Å². The van der Waals surface area contributed by atoms with Crippen LogP contribution in [0.2, 0.25) is 0 Å². The number of hydrogen-bond donors (Lipinski definition) is 1. The number of aryl methyl sites for hydroxylation is 1. The molecule has 1 amide bonds. The van der Waals surface area contributed by atoms with Crippen molar-refractivity contribution >= 4 is 21.6 Å². The SMILES string of the molecule is Cc1ccccc1NC(=O)CC1CCCCN1S(=O)(=O)c1ccc(F)cc1. The standard InChI is InChI=1S/C20H23FN2O3S/c1-15-6-2-3-8-19(15)22-20(24)14-17-7-4-5-13-23(17)27(25,26)18-11-9-16(21)10-12-18/h2-3,6,8-12,17H,4-5,7,13-14H2,1H3,(H,22,24). The van der Waals surface area contributed by atoms with Crippen molar-refractivity contribution in [3.63, 3.8) is 0 Å². The Morgan fingerprint density at radius 1 is 1.15 bits per heavy atom. The average molecular weight is 390 g/mol. The fourth-order valence-electron chi connectivity index (χ4n) is 3.36. The van der Waals surface area contributed by atoms with Gasteiger partial charge in [0.05, 0.1) is 4.90 Å². The summed E-state index contributed by atoms with van der Waals surface area (Å²) in [5.41, 5.74) is 1.68. The zero-order valence-corrected chi connectivity index (χ0v) is 16.0. The van der Waals surface area contributed by atoms with Gasteiger partial charge in [0, 0.05) is 24.7 Å². The molecule has 0 aromatic heterocycles. The molecule has 7 heteroatoms. The maximum absolute atomic E-state index is 13.1. The zero-order valence-electron chi connectivity index (χ0n) is 15.2. The van der Waals surface area contributed by atoms with Crippen LogP contribution in [0.5, 0.6) is 0 Å². The van der Waals surface area contributed by atoms with Crippen molar-refractivity contribution in [3.05, 3.63) is 59.9 Å². The second-order valence-corrected chi connectivity index (χ2v) is 8.68. The van der Waals surface area contributed by atoms with Gasteiger partial charge in [0.2, 0.25) is 15.9 Å². The van der Waals surface area contributed by atoms with Crippen molar-refractivity contribution in [2.75, 3.05) is 11.9 Å². The largest absolute Gasteiger partial charge is 0.326 e. The molecule has 1 unspecified atom stereocenters. The summed E-state index contributed by atoms with van der Waals surface area (Å²) in [6.07, 6.45) is 2.34. The van der Waals surface area contributed by atoms with Crippen LogP contribution in [-0.4, -0.2) is 31.2 Å². The Hall–Kier alpha value is -2.25. The summed E-state index contributed by atoms with van der Waals surface area (Å²) in [6.45, 7) is 2.27. The van der Waals surface area contributed by atoms with E-state index in [1.165, 1.54) is 16.4 Å². The Balaban J connectivity index is 1.76. The highest BCUT2D eigenvalue weighted by Gasteiger charge is 2.34. The van der Waals surface area contributed by atoms with Gasteiger partial charge in [-0.05, 0) is 55.7 Å². The van der Waals surface area contributed by atoms with E-state index in [4.69, 9.17) is 0 Å². The first kappa shape index (κ1) is 19.5. The van der Waals surface area contributed by atoms with Crippen molar-refractivity contribution in [1.82, 2.24) is 4.31 Å². The predicted molar refractivity (Wildman–Crippen MR) is 102 cm³/mol. The summed E-state index contributed by atoms with van der Waals surface area (Å²) in [5, 5.41) is 2.87. The molecule has 2 aromatic rings. The number of amides is 1. The van der Waals surface area contributed by atoms with E-state index in [9.17, 15) is 17.6 Å². The van der Waals surface area contributed by atoms with E-state index in [0.29, 0.717) is 13.0 Å². The lowest BCUT2D eigenvalue weighted by molar-refractivity contribution is -0.117. The van der Waals surface area contributed by atoms with Crippen LogP contribution in [0.25, 0.3) is 0 Å². The second kappa shape index (κ2) is 8.19. The van der Waals surface area contributed by atoms with E-state index in [-0.39, 0.29) is 17.2 Å². The van der Waals surface area contributed by atoms with Gasteiger partial charge < -0.3 is 5.32 Å². The molecule has 0 aliphatic carbocycles. The van der Waals surface area contributed by atoms with Crippen molar-refractivity contribution in [3.8, 4) is 0 Å². The highest BCUT2D eigenvalue weighted by molar-refractivity contribution is 7.89. The molecule has 1 aliphatic rings. The average Bonchev–Trinajstić information content (AvgIpc) is 2.64. The van der Waals surface area contributed by atoms with E-state index in [1.807, 2.05) is 31.2 Å². The van der Waals surface area contributed by atoms with Crippen LogP contribution < -0.4 is 5.32 Å². The molecule has 2 aromatic carbocycles. The lowest BCUT2D eigenvalue weighted by Crippen LogP contribution is -2.45. The van der Waals surface area contributed by atoms with Gasteiger partial charge in [0.25, 0.3) is 0 Å². The van der Waals surface area contributed by atoms with Crippen LogP contribution in [0.3, 0.4) is 0 Å². The number of carbonyl (C=O) groups excluding carboxylic acids is 1. The van der Waals surface area contributed by atoms with Crippen molar-refractivity contribution in [2.24, 2.45) is 0 Å². The predicted octanol–water partition coefficient (Wildman–Crippen LogP) is 3.71. The molecule has 3 rings (SSSR count). The van der Waals surface area contributed by atoms with E-state index < -0.39 is 21.9 Å². The van der Waals surface area contributed by atoms with Gasteiger partial charge in [-0.1, -0.05) is 24.6 Å². The number of anilines is 1. The number of nitrogens with zero attached hydrogens (tertiary/aromatic N) is 1. The fourth-order valence-corrected chi connectivity index (χ4v) is 5.06. The first-order valence-corrected chi connectivity index (χ1v) is 10.4. The molecule has 0 spiro atoms. The molecule has 1 N–H and O–H groups in total. The fraction of sp³-hybridized carbons (Fsp3) is 0.350. The number of rotatable bonds is 5. The molecule has 0 radical (unpaired) electrons. The molecule has 0 saturated carbocycles. The third-order valence-corrected chi connectivity index (χ3v) is 6.80. The van der Waals surface area contributed by atoms with E-state index in [0.717, 1.165) is 36.2 Å². The lowest BCUT2D eigenvalue weighted by Gasteiger charge is -2.34. The van der Waals surface area contributed by atoms with Gasteiger partial charge >= 0.3 is 0 Å². The first-order chi connectivity index (χ1) is 12.9. The number of benzene rings is 2. The summed E-state index contributed by atoms with van der Waals surface area (Å²) in [7, 11) is -3.77. The number of sulfonamides is 1. The van der Waals surface area contributed by atoms with Crippen LogP contribution in [-0.2, 0) is 14.8 Å². The summed E-state index contributed by atoms with van der Waals surface area (Å²) >= 11 is 0. The Bertz CT molecular complexity index is 913. The third kappa shape index (κ3) is 4.54. The molecular formula is C20H23FN2O3S. The van der Waals surface area contributed by atoms with Gasteiger partial charge in [-0.15, -0.1) is 0 Å². The van der Waals surface area contributed by atoms with Crippen molar-refractivity contribution in [1.29, 1.82) is 0 Å². The van der Waals surface area contributed by atoms with Crippen LogP contribution in [0.1, 0.15) is 31.2 Å². The number of piperidine rings is 1. The van der Waals surface area contributed by atoms with Crippen LogP contribution in [0, 0.1) is 12.7 Å². The van der Waals surface area contributed by atoms with E-state index in [2.05, 4.69) is 5.32 Å². The van der Waals surface area contributed by atoms with E-state index >= 15 is 0 Å². The van der Waals surface area contributed by atoms with Gasteiger partial charge in [0.15, 0.2) is 0 Å². The van der Waals surface area contributed by atoms with Crippen molar-refractivity contribution < 1.29 is 17.6 Å². The van der Waals surface area contributed by atoms with Gasteiger partial charge in [-0.3, -0.25) is 4.79 Å². The molecule has 0 bridgehead atoms. The molecule has 1 heterocycles. The minimum Gasteiger partial charge on any atom is -0.326 e. The number of carbonyl (C=O) groups is 1. The summed E-state index contributed by atoms with van der Waals surface area (Å²) in [5.74, 6) is -0.697. The van der Waals surface area contributed by atoms with Crippen LogP contribution in [0.4, 0.5) is 10.1 Å². The normalized spacial score (nSPS) is 18.2. The molecule has 5 nitrogen and oxygen atoms in total. The monoisotopic (exact) mass is 390 g/mol. The molecule has 27 heavy (non-hydrogen) atoms. The third-order valence-electron chi connectivity index (χ3n) is 4.83. The molecule has 1 saturated heterocycles. The number of para-hydroxylation sites is 1. The summed E-state index contributed by atoms with van der Waals surface area (Å²) < 4.78 is 40.5. The minimum absolute atomic E-state index is 0.0510. The first-order valence-electron chi connectivity index (χ1n) is 9.01. The molecule has 1 atom stereocenters. The quantitative estimate of drug-likeness (QED) is 0.846. The Kier molecular flexibility index (Phi) is 5.92. The van der Waals surface area contributed by atoms with Crippen LogP contribution >= 0.6 is 0 Å². The topological polar surface area (TPSA) is 66.5 Å². The number of halogens is 1. The Morgan fingerprint density at radius 2 is 1.85 bits per heavy atom. The lowest BCUT2D eigenvalue weighted by atomic mass is 10.0. The number of hydrogen-bond acceptors (Lipinski definition) is 3. The highest BCUT2D eigenvalue weighted by Crippen LogP contribution is 2.27. The van der Waals surface area contributed by atoms with Gasteiger partial charge in [-0.2, -0.15) is 4.31 Å². The molecule has 1 fully saturated rings. The molecule has 1 aliphatic heterocycles. The van der Waals surface area contributed by atoms with E-state index in [1.54, 1.807) is 0 Å². The van der Waals surface area contributed by atoms with Crippen LogP contribution in [0.15, 0.2) is 53.4 Å². The maximum atomic E-state index is 13.1. The Morgan fingerprint density at radius 3 is 2.56 bits per heavy atom. The Labute approximate surface area is 159 Å². The minimum atomic E-state index is -3.77. The maximum Gasteiger partial charge on any atom is 0.243 e. The van der Waals surface area contributed by atoms with Gasteiger partial charge in [-0.25, -0.2) is 12.8 Å². The van der Waals surface area contributed by atoms with Gasteiger partial charge in [0.1, 0.15) is 5.82 Å². The highest BCUT2D eigenvalue weighted by atomic mass is 32.2. The molecular weight excluding hydrogens is 367 g/mol. The smallest absolute Gasteiger partial charge is 0.243 e. The zero-order chi connectivity index (χ0) is 19.4. The summed E-state index contributed by atoms with van der Waals surface area (Å²) in [6, 6.07) is 11.9. The molecule has 144 valence electrons. The number of nitrogens with one attached hydrogen (secondary N) is 1. The second-order valence-electron chi connectivity index (χ2n) is 6.79.